The van der Waals surface area contributed by atoms with Crippen molar-refractivity contribution in [3.05, 3.63) is 45.7 Å². The molecule has 3 rings (SSSR count). The molecule has 0 bridgehead atoms. The third-order valence-electron chi connectivity index (χ3n) is 4.28. The zero-order valence-electron chi connectivity index (χ0n) is 16.8. The van der Waals surface area contributed by atoms with E-state index in [1.54, 1.807) is 12.1 Å². The first-order valence-electron chi connectivity index (χ1n) is 8.98. The summed E-state index contributed by atoms with van der Waals surface area (Å²) in [6.45, 7) is 7.61. The van der Waals surface area contributed by atoms with Crippen LogP contribution in [0.1, 0.15) is 36.3 Å². The lowest BCUT2D eigenvalue weighted by molar-refractivity contribution is -0.115. The Balaban J connectivity index is 1.65. The zero-order chi connectivity index (χ0) is 21.1. The Morgan fingerprint density at radius 2 is 2.00 bits per heavy atom. The summed E-state index contributed by atoms with van der Waals surface area (Å²) in [5.41, 5.74) is 0.927. The lowest BCUT2D eigenvalue weighted by Gasteiger charge is -2.15. The molecule has 0 saturated heterocycles. The molecule has 1 amide bonds. The van der Waals surface area contributed by atoms with Crippen LogP contribution in [-0.2, 0) is 11.8 Å². The summed E-state index contributed by atoms with van der Waals surface area (Å²) in [5.74, 6) is 1.10. The highest BCUT2D eigenvalue weighted by atomic mass is 35.5. The molecule has 0 aliphatic heterocycles. The first-order valence-corrected chi connectivity index (χ1v) is 11.1. The van der Waals surface area contributed by atoms with E-state index in [-0.39, 0.29) is 17.3 Å². The fraction of sp³-hybridized carbons (Fsp3) is 0.368. The van der Waals surface area contributed by atoms with Gasteiger partial charge in [-0.15, -0.1) is 21.5 Å². The minimum Gasteiger partial charge on any atom is -0.481 e. The van der Waals surface area contributed by atoms with Gasteiger partial charge in [0.15, 0.2) is 22.2 Å². The number of hydrogen-bond donors (Lipinski definition) is 1. The van der Waals surface area contributed by atoms with Gasteiger partial charge in [0.1, 0.15) is 5.75 Å². The van der Waals surface area contributed by atoms with Crippen molar-refractivity contribution in [1.29, 1.82) is 0 Å². The third kappa shape index (κ3) is 5.09. The summed E-state index contributed by atoms with van der Waals surface area (Å²) in [5, 5.41) is 12.7. The summed E-state index contributed by atoms with van der Waals surface area (Å²) < 4.78 is 7.75. The number of aromatic nitrogens is 4. The van der Waals surface area contributed by atoms with Crippen LogP contribution in [0.2, 0.25) is 5.02 Å². The molecule has 2 atom stereocenters. The second kappa shape index (κ2) is 9.15. The largest absolute Gasteiger partial charge is 0.481 e. The van der Waals surface area contributed by atoms with Crippen molar-refractivity contribution in [3.63, 3.8) is 0 Å². The maximum absolute atomic E-state index is 12.5. The summed E-state index contributed by atoms with van der Waals surface area (Å²) in [6, 6.07) is 7.28. The molecule has 0 aliphatic rings. The molecule has 1 aromatic carbocycles. The molecule has 7 nitrogen and oxygen atoms in total. The molecule has 2 aromatic heterocycles. The Morgan fingerprint density at radius 3 is 2.66 bits per heavy atom. The van der Waals surface area contributed by atoms with Gasteiger partial charge in [-0.05, 0) is 39.8 Å². The number of thioether (sulfide) groups is 1. The van der Waals surface area contributed by atoms with Gasteiger partial charge >= 0.3 is 0 Å². The normalized spacial score (nSPS) is 13.2. The van der Waals surface area contributed by atoms with Gasteiger partial charge in [-0.2, -0.15) is 0 Å². The van der Waals surface area contributed by atoms with Gasteiger partial charge in [0.25, 0.3) is 0 Å². The molecule has 3 aromatic rings. The number of thiazole rings is 1. The van der Waals surface area contributed by atoms with Gasteiger partial charge in [0, 0.05) is 11.9 Å². The Kier molecular flexibility index (Phi) is 6.81. The highest BCUT2D eigenvalue weighted by Crippen LogP contribution is 2.30. The Labute approximate surface area is 182 Å². The number of anilines is 1. The van der Waals surface area contributed by atoms with Crippen molar-refractivity contribution in [2.24, 2.45) is 7.05 Å². The van der Waals surface area contributed by atoms with E-state index in [9.17, 15) is 4.79 Å². The van der Waals surface area contributed by atoms with Gasteiger partial charge in [-0.25, -0.2) is 4.98 Å². The number of nitrogens with one attached hydrogen (secondary N) is 1. The van der Waals surface area contributed by atoms with Gasteiger partial charge in [0.05, 0.1) is 16.0 Å². The van der Waals surface area contributed by atoms with Gasteiger partial charge in [-0.3, -0.25) is 4.79 Å². The molecule has 154 valence electrons. The van der Waals surface area contributed by atoms with E-state index in [1.165, 1.54) is 23.1 Å². The van der Waals surface area contributed by atoms with Crippen LogP contribution in [0.25, 0.3) is 0 Å². The number of rotatable bonds is 7. The number of benzene rings is 1. The number of amides is 1. The fourth-order valence-electron chi connectivity index (χ4n) is 2.51. The molecular weight excluding hydrogens is 430 g/mol. The van der Waals surface area contributed by atoms with Gasteiger partial charge < -0.3 is 14.6 Å². The Bertz CT molecular complexity index is 1000. The predicted octanol–water partition coefficient (Wildman–Crippen LogP) is 4.80. The number of para-hydroxylation sites is 1. The minimum absolute atomic E-state index is 0.131. The van der Waals surface area contributed by atoms with Crippen LogP contribution < -0.4 is 10.1 Å². The van der Waals surface area contributed by atoms with Crippen LogP contribution in [0.4, 0.5) is 5.13 Å². The zero-order valence-corrected chi connectivity index (χ0v) is 19.2. The number of carbonyl (C=O) groups is 1. The summed E-state index contributed by atoms with van der Waals surface area (Å²) in [4.78, 5) is 17.9. The number of ether oxygens (including phenoxy) is 1. The summed E-state index contributed by atoms with van der Waals surface area (Å²) in [7, 11) is 1.85. The van der Waals surface area contributed by atoms with E-state index < -0.39 is 0 Å². The maximum atomic E-state index is 12.5. The van der Waals surface area contributed by atoms with E-state index in [0.29, 0.717) is 26.9 Å². The van der Waals surface area contributed by atoms with Crippen molar-refractivity contribution in [2.45, 2.75) is 44.2 Å². The van der Waals surface area contributed by atoms with Crippen molar-refractivity contribution >= 4 is 45.7 Å². The first-order chi connectivity index (χ1) is 13.8. The molecule has 10 heteroatoms. The quantitative estimate of drug-likeness (QED) is 0.519. The topological polar surface area (TPSA) is 81.9 Å². The van der Waals surface area contributed by atoms with Crippen molar-refractivity contribution in [1.82, 2.24) is 19.7 Å². The van der Waals surface area contributed by atoms with Crippen LogP contribution >= 0.6 is 34.7 Å². The second-order valence-electron chi connectivity index (χ2n) is 6.50. The van der Waals surface area contributed by atoms with Crippen LogP contribution in [-0.4, -0.2) is 30.9 Å². The van der Waals surface area contributed by atoms with Crippen molar-refractivity contribution in [3.8, 4) is 5.75 Å². The molecule has 0 aliphatic carbocycles. The number of hydrogen-bond acceptors (Lipinski definition) is 7. The second-order valence-corrected chi connectivity index (χ2v) is 9.42. The SMILES string of the molecule is Cc1nc(NC(=O)C(C)Sc2nnc(C(C)Oc3ccccc3Cl)n2C)sc1C. The van der Waals surface area contributed by atoms with Crippen molar-refractivity contribution in [2.75, 3.05) is 5.32 Å². The van der Waals surface area contributed by atoms with E-state index in [0.717, 1.165) is 10.6 Å². The van der Waals surface area contributed by atoms with Crippen molar-refractivity contribution < 1.29 is 9.53 Å². The molecule has 29 heavy (non-hydrogen) atoms. The highest BCUT2D eigenvalue weighted by molar-refractivity contribution is 8.00. The number of halogens is 1. The molecule has 0 saturated carbocycles. The number of nitrogens with zero attached hydrogens (tertiary/aromatic N) is 4. The molecule has 0 radical (unpaired) electrons. The van der Waals surface area contributed by atoms with Crippen LogP contribution in [0, 0.1) is 13.8 Å². The lowest BCUT2D eigenvalue weighted by atomic mass is 10.3. The van der Waals surface area contributed by atoms with Gasteiger partial charge in [0.2, 0.25) is 5.91 Å². The van der Waals surface area contributed by atoms with Crippen LogP contribution in [0.15, 0.2) is 29.4 Å². The van der Waals surface area contributed by atoms with E-state index in [2.05, 4.69) is 20.5 Å². The fourth-order valence-corrected chi connectivity index (χ4v) is 4.33. The Hall–Kier alpha value is -2.10. The molecule has 1 N–H and O–H groups in total. The molecule has 0 spiro atoms. The lowest BCUT2D eigenvalue weighted by Crippen LogP contribution is -2.22. The van der Waals surface area contributed by atoms with Crippen LogP contribution in [0.5, 0.6) is 5.75 Å². The maximum Gasteiger partial charge on any atom is 0.239 e. The first kappa shape index (κ1) is 21.6. The smallest absolute Gasteiger partial charge is 0.239 e. The molecule has 0 fully saturated rings. The van der Waals surface area contributed by atoms with E-state index in [4.69, 9.17) is 16.3 Å². The Morgan fingerprint density at radius 1 is 1.28 bits per heavy atom. The highest BCUT2D eigenvalue weighted by Gasteiger charge is 2.23. The molecule has 2 heterocycles. The van der Waals surface area contributed by atoms with Gasteiger partial charge in [-0.1, -0.05) is 35.5 Å². The van der Waals surface area contributed by atoms with E-state index >= 15 is 0 Å². The standard InChI is InChI=1S/C19H22ClN5O2S2/c1-10-12(3)28-18(21-10)22-17(26)13(4)29-19-24-23-16(25(19)5)11(2)27-15-9-7-6-8-14(15)20/h6-9,11,13H,1-5H3,(H,21,22,26). The van der Waals surface area contributed by atoms with E-state index in [1.807, 2.05) is 51.4 Å². The predicted molar refractivity (Wildman–Crippen MR) is 117 cm³/mol. The molecular formula is C19H22ClN5O2S2. The third-order valence-corrected chi connectivity index (χ3v) is 6.72. The summed E-state index contributed by atoms with van der Waals surface area (Å²) >= 11 is 8.96. The summed E-state index contributed by atoms with van der Waals surface area (Å²) in [6.07, 6.45) is -0.354. The number of aryl methyl sites for hydroxylation is 2. The molecule has 2 unspecified atom stereocenters. The monoisotopic (exact) mass is 451 g/mol. The number of carbonyl (C=O) groups excluding carboxylic acids is 1. The minimum atomic E-state index is -0.366. The average molecular weight is 452 g/mol. The van der Waals surface area contributed by atoms with Crippen LogP contribution in [0.3, 0.4) is 0 Å². The average Bonchev–Trinajstić information content (AvgIpc) is 3.18.